The van der Waals surface area contributed by atoms with Crippen LogP contribution in [-0.4, -0.2) is 12.1 Å². The van der Waals surface area contributed by atoms with Gasteiger partial charge in [0.25, 0.3) is 0 Å². The number of fused-ring (bicyclic) bond motifs is 1. The van der Waals surface area contributed by atoms with Crippen molar-refractivity contribution in [2.45, 2.75) is 13.1 Å². The minimum atomic E-state index is -4.60. The molecule has 108 valence electrons. The Balaban J connectivity index is 2.99. The van der Waals surface area contributed by atoms with Crippen molar-refractivity contribution in [3.8, 4) is 5.75 Å². The van der Waals surface area contributed by atoms with E-state index in [4.69, 9.17) is 22.2 Å². The Morgan fingerprint density at radius 3 is 2.50 bits per heavy atom. The Labute approximate surface area is 117 Å². The molecular formula is C12H11ClF3N3O. The van der Waals surface area contributed by atoms with Crippen molar-refractivity contribution in [1.29, 1.82) is 0 Å². The number of nitrogen functional groups attached to an aromatic ring is 1. The highest BCUT2D eigenvalue weighted by atomic mass is 35.5. The molecule has 4 nitrogen and oxygen atoms in total. The van der Waals surface area contributed by atoms with Crippen molar-refractivity contribution >= 4 is 28.2 Å². The fourth-order valence-electron chi connectivity index (χ4n) is 2.02. The van der Waals surface area contributed by atoms with Gasteiger partial charge in [0, 0.05) is 10.9 Å². The van der Waals surface area contributed by atoms with E-state index in [-0.39, 0.29) is 27.5 Å². The Morgan fingerprint density at radius 2 is 2.00 bits per heavy atom. The first-order chi connectivity index (χ1) is 9.31. The largest absolute Gasteiger partial charge is 0.494 e. The minimum Gasteiger partial charge on any atom is -0.494 e. The number of rotatable bonds is 2. The molecule has 0 saturated carbocycles. The zero-order valence-corrected chi connectivity index (χ0v) is 11.4. The van der Waals surface area contributed by atoms with Gasteiger partial charge < -0.3 is 10.2 Å². The van der Waals surface area contributed by atoms with Gasteiger partial charge in [0.05, 0.1) is 17.8 Å². The smallest absolute Gasteiger partial charge is 0.433 e. The van der Waals surface area contributed by atoms with E-state index in [0.29, 0.717) is 5.39 Å². The van der Waals surface area contributed by atoms with E-state index in [1.54, 1.807) is 0 Å². The monoisotopic (exact) mass is 305 g/mol. The number of methoxy groups -OCH3 is 1. The van der Waals surface area contributed by atoms with Crippen molar-refractivity contribution in [3.63, 3.8) is 0 Å². The van der Waals surface area contributed by atoms with Crippen LogP contribution >= 0.6 is 11.6 Å². The first kappa shape index (κ1) is 14.7. The number of nitrogens with one attached hydrogen (secondary N) is 1. The van der Waals surface area contributed by atoms with Gasteiger partial charge in [-0.2, -0.15) is 13.2 Å². The van der Waals surface area contributed by atoms with E-state index in [1.165, 1.54) is 26.2 Å². The van der Waals surface area contributed by atoms with Crippen LogP contribution < -0.4 is 16.0 Å². The molecule has 0 unspecified atom stereocenters. The van der Waals surface area contributed by atoms with Crippen LogP contribution in [-0.2, 0) is 6.18 Å². The van der Waals surface area contributed by atoms with Gasteiger partial charge >= 0.3 is 6.18 Å². The van der Waals surface area contributed by atoms with Crippen LogP contribution in [0.25, 0.3) is 10.9 Å². The quantitative estimate of drug-likeness (QED) is 0.658. The Morgan fingerprint density at radius 1 is 1.35 bits per heavy atom. The average Bonchev–Trinajstić information content (AvgIpc) is 2.37. The molecule has 20 heavy (non-hydrogen) atoms. The molecule has 1 aromatic heterocycles. The lowest BCUT2D eigenvalue weighted by Gasteiger charge is -2.17. The number of hydrogen-bond donors (Lipinski definition) is 2. The van der Waals surface area contributed by atoms with Gasteiger partial charge in [-0.1, -0.05) is 11.6 Å². The van der Waals surface area contributed by atoms with Gasteiger partial charge in [-0.05, 0) is 19.1 Å². The summed E-state index contributed by atoms with van der Waals surface area (Å²) in [5.41, 5.74) is 1.19. The number of nitrogens with zero attached hydrogens (tertiary/aromatic N) is 1. The van der Waals surface area contributed by atoms with Gasteiger partial charge in [0.15, 0.2) is 0 Å². The summed E-state index contributed by atoms with van der Waals surface area (Å²) in [6, 6.07) is 2.96. The summed E-state index contributed by atoms with van der Waals surface area (Å²) in [7, 11) is 1.34. The second kappa shape index (κ2) is 4.99. The van der Waals surface area contributed by atoms with Crippen LogP contribution in [0.3, 0.4) is 0 Å². The third kappa shape index (κ3) is 2.23. The Hall–Kier alpha value is -1.73. The molecule has 0 fully saturated rings. The second-order valence-electron chi connectivity index (χ2n) is 4.08. The summed E-state index contributed by atoms with van der Waals surface area (Å²) in [4.78, 5) is 3.66. The van der Waals surface area contributed by atoms with Crippen molar-refractivity contribution in [2.75, 3.05) is 12.5 Å². The van der Waals surface area contributed by atoms with Crippen molar-refractivity contribution < 1.29 is 17.9 Å². The van der Waals surface area contributed by atoms with E-state index < -0.39 is 11.9 Å². The fourth-order valence-corrected chi connectivity index (χ4v) is 2.27. The predicted octanol–water partition coefficient (Wildman–Crippen LogP) is 3.51. The van der Waals surface area contributed by atoms with E-state index in [9.17, 15) is 13.2 Å². The average molecular weight is 306 g/mol. The summed E-state index contributed by atoms with van der Waals surface area (Å²) in [5, 5.41) is 0.525. The van der Waals surface area contributed by atoms with Crippen molar-refractivity contribution in [2.24, 2.45) is 5.84 Å². The molecule has 0 aliphatic carbocycles. The molecule has 3 N–H and O–H groups in total. The highest BCUT2D eigenvalue weighted by Crippen LogP contribution is 2.41. The SMILES string of the molecule is COc1ccc(Cl)c2c(NN)c(C)c(C(F)(F)F)nc12. The van der Waals surface area contributed by atoms with Crippen LogP contribution in [0.2, 0.25) is 5.02 Å². The fraction of sp³-hybridized carbons (Fsp3) is 0.250. The molecule has 1 aromatic carbocycles. The highest BCUT2D eigenvalue weighted by molar-refractivity contribution is 6.36. The van der Waals surface area contributed by atoms with E-state index in [0.717, 1.165) is 0 Å². The molecule has 0 aliphatic heterocycles. The third-order valence-corrected chi connectivity index (χ3v) is 3.24. The van der Waals surface area contributed by atoms with Gasteiger partial charge in [0.2, 0.25) is 0 Å². The molecule has 0 saturated heterocycles. The molecule has 0 bridgehead atoms. The molecule has 0 amide bonds. The minimum absolute atomic E-state index is 0.00544. The maximum Gasteiger partial charge on any atom is 0.433 e. The molecule has 1 heterocycles. The number of hydrazine groups is 1. The molecule has 0 spiro atoms. The first-order valence-corrected chi connectivity index (χ1v) is 5.89. The van der Waals surface area contributed by atoms with Crippen LogP contribution in [0.5, 0.6) is 5.75 Å². The van der Waals surface area contributed by atoms with Gasteiger partial charge in [-0.15, -0.1) is 0 Å². The standard InChI is InChI=1S/C12H11ClF3N3O/c1-5-9(19-17)8-6(13)3-4-7(20-2)10(8)18-11(5)12(14,15)16/h3-4H,17H2,1-2H3,(H,18,19). The summed E-state index contributed by atoms with van der Waals surface area (Å²) < 4.78 is 44.1. The third-order valence-electron chi connectivity index (χ3n) is 2.93. The molecular weight excluding hydrogens is 295 g/mol. The van der Waals surface area contributed by atoms with Crippen LogP contribution in [0.15, 0.2) is 12.1 Å². The summed E-state index contributed by atoms with van der Waals surface area (Å²) in [5.74, 6) is 5.53. The van der Waals surface area contributed by atoms with E-state index in [2.05, 4.69) is 10.4 Å². The number of nitrogens with two attached hydrogens (primary N) is 1. The predicted molar refractivity (Wildman–Crippen MR) is 70.9 cm³/mol. The van der Waals surface area contributed by atoms with Crippen LogP contribution in [0.1, 0.15) is 11.3 Å². The number of anilines is 1. The number of ether oxygens (including phenoxy) is 1. The number of hydrogen-bond acceptors (Lipinski definition) is 4. The van der Waals surface area contributed by atoms with E-state index >= 15 is 0 Å². The maximum atomic E-state index is 13.0. The van der Waals surface area contributed by atoms with E-state index in [1.807, 2.05) is 0 Å². The van der Waals surface area contributed by atoms with Crippen LogP contribution in [0, 0.1) is 6.92 Å². The second-order valence-corrected chi connectivity index (χ2v) is 4.48. The van der Waals surface area contributed by atoms with Gasteiger partial charge in [0.1, 0.15) is 17.0 Å². The maximum absolute atomic E-state index is 13.0. The number of pyridine rings is 1. The molecule has 2 rings (SSSR count). The van der Waals surface area contributed by atoms with Gasteiger partial charge in [-0.25, -0.2) is 4.98 Å². The summed E-state index contributed by atoms with van der Waals surface area (Å²) in [6.45, 7) is 1.28. The van der Waals surface area contributed by atoms with Crippen molar-refractivity contribution in [1.82, 2.24) is 4.98 Å². The molecule has 0 aliphatic rings. The summed E-state index contributed by atoms with van der Waals surface area (Å²) >= 11 is 6.04. The molecule has 0 radical (unpaired) electrons. The van der Waals surface area contributed by atoms with Crippen molar-refractivity contribution in [3.05, 3.63) is 28.4 Å². The zero-order valence-electron chi connectivity index (χ0n) is 10.6. The normalized spacial score (nSPS) is 11.8. The molecule has 8 heteroatoms. The Kier molecular flexibility index (Phi) is 3.66. The van der Waals surface area contributed by atoms with Crippen LogP contribution in [0.4, 0.5) is 18.9 Å². The first-order valence-electron chi connectivity index (χ1n) is 5.51. The number of aromatic nitrogens is 1. The lowest BCUT2D eigenvalue weighted by Crippen LogP contribution is -2.16. The highest BCUT2D eigenvalue weighted by Gasteiger charge is 2.36. The lowest BCUT2D eigenvalue weighted by molar-refractivity contribution is -0.141. The summed E-state index contributed by atoms with van der Waals surface area (Å²) in [6.07, 6.45) is -4.60. The lowest BCUT2D eigenvalue weighted by atomic mass is 10.1. The molecule has 2 aromatic rings. The topological polar surface area (TPSA) is 60.2 Å². The zero-order chi connectivity index (χ0) is 15.1. The number of benzene rings is 1. The van der Waals surface area contributed by atoms with Gasteiger partial charge in [-0.3, -0.25) is 5.84 Å². The number of halogens is 4. The number of alkyl halides is 3. The molecule has 0 atom stereocenters. The Bertz CT molecular complexity index is 673.